The lowest BCUT2D eigenvalue weighted by Gasteiger charge is -2.37. The Morgan fingerprint density at radius 1 is 0.838 bits per heavy atom. The molecule has 3 aromatic carbocycles. The van der Waals surface area contributed by atoms with Gasteiger partial charge in [-0.2, -0.15) is 0 Å². The predicted octanol–water partition coefficient (Wildman–Crippen LogP) is 4.33. The number of hydrogen-bond acceptors (Lipinski definition) is 4. The van der Waals surface area contributed by atoms with Crippen molar-refractivity contribution in [3.63, 3.8) is 0 Å². The molecule has 1 amide bonds. The molecule has 0 saturated carbocycles. The van der Waals surface area contributed by atoms with Gasteiger partial charge in [-0.3, -0.25) is 9.52 Å². The number of anilines is 1. The average molecular weight is 553 g/mol. The van der Waals surface area contributed by atoms with Gasteiger partial charge in [-0.1, -0.05) is 72.3 Å². The van der Waals surface area contributed by atoms with Crippen LogP contribution in [0, 0.1) is 0 Å². The monoisotopic (exact) mass is 552 g/mol. The van der Waals surface area contributed by atoms with Crippen LogP contribution in [0.15, 0.2) is 101 Å². The predicted molar refractivity (Wildman–Crippen MR) is 148 cm³/mol. The first-order valence-corrected chi connectivity index (χ1v) is 14.7. The fourth-order valence-electron chi connectivity index (χ4n) is 4.75. The number of quaternary nitrogens is 1. The van der Waals surface area contributed by atoms with E-state index in [1.54, 1.807) is 30.3 Å². The van der Waals surface area contributed by atoms with Gasteiger partial charge in [0.2, 0.25) is 0 Å². The highest BCUT2D eigenvalue weighted by atomic mass is 35.5. The lowest BCUT2D eigenvalue weighted by Crippen LogP contribution is -3.15. The molecule has 0 aliphatic carbocycles. The summed E-state index contributed by atoms with van der Waals surface area (Å²) in [5.41, 5.74) is 3.47. The van der Waals surface area contributed by atoms with Crippen LogP contribution in [0.25, 0.3) is 0 Å². The zero-order valence-electron chi connectivity index (χ0n) is 20.0. The second kappa shape index (κ2) is 11.1. The van der Waals surface area contributed by atoms with E-state index in [4.69, 9.17) is 11.6 Å². The highest BCUT2D eigenvalue weighted by Crippen LogP contribution is 2.27. The summed E-state index contributed by atoms with van der Waals surface area (Å²) in [6, 6.07) is 30.8. The molecule has 1 saturated heterocycles. The van der Waals surface area contributed by atoms with Crippen molar-refractivity contribution in [3.05, 3.63) is 118 Å². The van der Waals surface area contributed by atoms with Crippen molar-refractivity contribution in [2.75, 3.05) is 30.9 Å². The van der Waals surface area contributed by atoms with Crippen LogP contribution >= 0.6 is 22.9 Å². The summed E-state index contributed by atoms with van der Waals surface area (Å²) in [6.45, 7) is 2.97. The van der Waals surface area contributed by atoms with Gasteiger partial charge >= 0.3 is 0 Å². The smallest absolute Gasteiger partial charge is 0.271 e. The minimum Gasteiger partial charge on any atom is -0.327 e. The number of benzene rings is 3. The minimum atomic E-state index is -3.72. The third-order valence-corrected chi connectivity index (χ3v) is 9.67. The summed E-state index contributed by atoms with van der Waals surface area (Å²) >= 11 is 6.86. The van der Waals surface area contributed by atoms with Crippen molar-refractivity contribution in [2.24, 2.45) is 0 Å². The molecular formula is C28H27ClN3O3S2+. The van der Waals surface area contributed by atoms with E-state index in [-0.39, 0.29) is 16.2 Å². The molecule has 0 unspecified atom stereocenters. The molecule has 37 heavy (non-hydrogen) atoms. The third-order valence-electron chi connectivity index (χ3n) is 6.56. The highest BCUT2D eigenvalue weighted by molar-refractivity contribution is 7.94. The Balaban J connectivity index is 1.24. The number of carbonyl (C=O) groups is 1. The number of nitrogens with zero attached hydrogens (tertiary/aromatic N) is 1. The van der Waals surface area contributed by atoms with Gasteiger partial charge in [0, 0.05) is 22.4 Å². The molecule has 0 spiro atoms. The van der Waals surface area contributed by atoms with Crippen LogP contribution in [-0.4, -0.2) is 45.4 Å². The molecule has 0 atom stereocenters. The summed E-state index contributed by atoms with van der Waals surface area (Å²) in [7, 11) is -3.72. The third kappa shape index (κ3) is 5.88. The summed E-state index contributed by atoms with van der Waals surface area (Å²) in [6.07, 6.45) is 0. The van der Waals surface area contributed by atoms with E-state index in [0.29, 0.717) is 28.7 Å². The lowest BCUT2D eigenvalue weighted by atomic mass is 9.96. The van der Waals surface area contributed by atoms with Crippen LogP contribution in [0.5, 0.6) is 0 Å². The van der Waals surface area contributed by atoms with Crippen LogP contribution in [0.2, 0.25) is 4.34 Å². The molecule has 6 nitrogen and oxygen atoms in total. The number of rotatable bonds is 7. The number of thiophene rings is 1. The molecule has 190 valence electrons. The highest BCUT2D eigenvalue weighted by Gasteiger charge is 2.31. The summed E-state index contributed by atoms with van der Waals surface area (Å²) in [5.74, 6) is -0.0468. The number of carbonyl (C=O) groups excluding carboxylic acids is 1. The molecule has 9 heteroatoms. The van der Waals surface area contributed by atoms with Crippen molar-refractivity contribution < 1.29 is 18.1 Å². The van der Waals surface area contributed by atoms with E-state index < -0.39 is 10.0 Å². The van der Waals surface area contributed by atoms with Crippen LogP contribution in [-0.2, 0) is 10.0 Å². The fraction of sp³-hybridized carbons (Fsp3) is 0.179. The number of amides is 1. The van der Waals surface area contributed by atoms with Crippen LogP contribution in [0.1, 0.15) is 27.5 Å². The van der Waals surface area contributed by atoms with Gasteiger partial charge in [-0.25, -0.2) is 8.42 Å². The molecule has 2 heterocycles. The Kier molecular flexibility index (Phi) is 7.62. The van der Waals surface area contributed by atoms with Crippen molar-refractivity contribution in [2.45, 2.75) is 10.3 Å². The average Bonchev–Trinajstić information content (AvgIpc) is 3.38. The van der Waals surface area contributed by atoms with Gasteiger partial charge in [0.15, 0.2) is 0 Å². The lowest BCUT2D eigenvalue weighted by molar-refractivity contribution is -0.929. The second-order valence-corrected chi connectivity index (χ2v) is 12.6. The Labute approximate surface area is 226 Å². The first kappa shape index (κ1) is 25.5. The topological polar surface area (TPSA) is 70.9 Å². The molecule has 0 radical (unpaired) electrons. The Morgan fingerprint density at radius 2 is 1.41 bits per heavy atom. The van der Waals surface area contributed by atoms with E-state index in [1.165, 1.54) is 22.1 Å². The SMILES string of the molecule is O=C(c1ccc(NS(=O)(=O)c2ccc(Cl)s2)cc1)N1CC[NH+](C(c2ccccc2)c2ccccc2)CC1. The second-order valence-electron chi connectivity index (χ2n) is 8.95. The molecule has 1 aliphatic heterocycles. The molecule has 1 fully saturated rings. The number of nitrogens with one attached hydrogen (secondary N) is 2. The largest absolute Gasteiger partial charge is 0.327 e. The standard InChI is InChI=1S/C28H26ClN3O3S2/c29-25-15-16-26(36-25)37(34,35)30-24-13-11-23(12-14-24)28(33)32-19-17-31(18-20-32)27(21-7-3-1-4-8-21)22-9-5-2-6-10-22/h1-16,27,30H,17-20H2/p+1. The van der Waals surface area contributed by atoms with Crippen molar-refractivity contribution >= 4 is 44.6 Å². The van der Waals surface area contributed by atoms with Crippen molar-refractivity contribution in [1.82, 2.24) is 4.90 Å². The van der Waals surface area contributed by atoms with E-state index in [0.717, 1.165) is 24.4 Å². The summed E-state index contributed by atoms with van der Waals surface area (Å²) in [4.78, 5) is 16.5. The number of piperazine rings is 1. The molecule has 4 aromatic rings. The summed E-state index contributed by atoms with van der Waals surface area (Å²) < 4.78 is 28.2. The maximum Gasteiger partial charge on any atom is 0.271 e. The molecule has 2 N–H and O–H groups in total. The first-order chi connectivity index (χ1) is 17.9. The van der Waals surface area contributed by atoms with Crippen LogP contribution in [0.3, 0.4) is 0 Å². The summed E-state index contributed by atoms with van der Waals surface area (Å²) in [5, 5.41) is 0. The van der Waals surface area contributed by atoms with E-state index >= 15 is 0 Å². The van der Waals surface area contributed by atoms with Crippen molar-refractivity contribution in [1.29, 1.82) is 0 Å². The number of halogens is 1. The number of sulfonamides is 1. The van der Waals surface area contributed by atoms with Gasteiger partial charge < -0.3 is 9.80 Å². The maximum absolute atomic E-state index is 13.2. The fourth-order valence-corrected chi connectivity index (χ4v) is 7.29. The van der Waals surface area contributed by atoms with Gasteiger partial charge in [-0.05, 0) is 36.4 Å². The van der Waals surface area contributed by atoms with E-state index in [2.05, 4.69) is 53.3 Å². The van der Waals surface area contributed by atoms with Gasteiger partial charge in [0.25, 0.3) is 15.9 Å². The van der Waals surface area contributed by atoms with Crippen LogP contribution in [0.4, 0.5) is 5.69 Å². The van der Waals surface area contributed by atoms with E-state index in [9.17, 15) is 13.2 Å². The molecule has 5 rings (SSSR count). The van der Waals surface area contributed by atoms with Crippen LogP contribution < -0.4 is 9.62 Å². The first-order valence-electron chi connectivity index (χ1n) is 12.0. The quantitative estimate of drug-likeness (QED) is 0.358. The van der Waals surface area contributed by atoms with Gasteiger partial charge in [-0.15, -0.1) is 11.3 Å². The Morgan fingerprint density at radius 3 is 1.92 bits per heavy atom. The van der Waals surface area contributed by atoms with E-state index in [1.807, 2.05) is 17.0 Å². The Hall–Kier alpha value is -3.17. The zero-order valence-corrected chi connectivity index (χ0v) is 22.4. The maximum atomic E-state index is 13.2. The Bertz CT molecular complexity index is 1410. The molecule has 1 aliphatic rings. The minimum absolute atomic E-state index is 0.0468. The number of hydrogen-bond donors (Lipinski definition) is 2. The zero-order chi connectivity index (χ0) is 25.8. The van der Waals surface area contributed by atoms with Gasteiger partial charge in [0.05, 0.1) is 30.5 Å². The van der Waals surface area contributed by atoms with Gasteiger partial charge in [0.1, 0.15) is 10.3 Å². The van der Waals surface area contributed by atoms with Crippen molar-refractivity contribution in [3.8, 4) is 0 Å². The molecule has 1 aromatic heterocycles. The molecular weight excluding hydrogens is 526 g/mol. The molecule has 0 bridgehead atoms. The normalized spacial score (nSPS) is 14.6.